The highest BCUT2D eigenvalue weighted by Crippen LogP contribution is 2.22. The topological polar surface area (TPSA) is 69.2 Å². The number of nitrogens with two attached hydrogens (primary N) is 1. The second-order valence-electron chi connectivity index (χ2n) is 2.28. The monoisotopic (exact) mass is 184 g/mol. The molecule has 0 aliphatic heterocycles. The number of thiol groups is 1. The van der Waals surface area contributed by atoms with Gasteiger partial charge in [0.15, 0.2) is 0 Å². The number of nitrogens with zero attached hydrogens (tertiary/aromatic N) is 1. The SMILES string of the molecule is NCc1ccc(S)c([N+](=O)[O-])c1. The van der Waals surface area contributed by atoms with Crippen molar-refractivity contribution in [1.29, 1.82) is 0 Å². The fraction of sp³-hybridized carbons (Fsp3) is 0.143. The van der Waals surface area contributed by atoms with E-state index in [0.29, 0.717) is 11.4 Å². The van der Waals surface area contributed by atoms with Crippen molar-refractivity contribution >= 4 is 18.3 Å². The molecule has 12 heavy (non-hydrogen) atoms. The lowest BCUT2D eigenvalue weighted by atomic mass is 10.2. The number of benzene rings is 1. The third-order valence-corrected chi connectivity index (χ3v) is 1.85. The van der Waals surface area contributed by atoms with E-state index < -0.39 is 4.92 Å². The molecule has 0 atom stereocenters. The lowest BCUT2D eigenvalue weighted by Crippen LogP contribution is -1.98. The third-order valence-electron chi connectivity index (χ3n) is 1.47. The summed E-state index contributed by atoms with van der Waals surface area (Å²) in [5.74, 6) is 0. The molecule has 1 aromatic rings. The normalized spacial score (nSPS) is 9.83. The molecule has 1 aromatic carbocycles. The Hall–Kier alpha value is -1.07. The molecule has 0 saturated heterocycles. The molecule has 1 rings (SSSR count). The highest BCUT2D eigenvalue weighted by Gasteiger charge is 2.10. The first-order valence-corrected chi connectivity index (χ1v) is 3.76. The van der Waals surface area contributed by atoms with Gasteiger partial charge in [-0.25, -0.2) is 0 Å². The average Bonchev–Trinajstić information content (AvgIpc) is 2.05. The van der Waals surface area contributed by atoms with E-state index in [4.69, 9.17) is 5.73 Å². The number of nitro groups is 1. The van der Waals surface area contributed by atoms with E-state index in [-0.39, 0.29) is 5.69 Å². The van der Waals surface area contributed by atoms with E-state index in [9.17, 15) is 10.1 Å². The van der Waals surface area contributed by atoms with Crippen molar-refractivity contribution < 1.29 is 4.92 Å². The highest BCUT2D eigenvalue weighted by atomic mass is 32.1. The Kier molecular flexibility index (Phi) is 2.67. The largest absolute Gasteiger partial charge is 0.326 e. The van der Waals surface area contributed by atoms with Crippen molar-refractivity contribution in [3.8, 4) is 0 Å². The zero-order valence-corrected chi connectivity index (χ0v) is 7.12. The molecular formula is C7H8N2O2S. The summed E-state index contributed by atoms with van der Waals surface area (Å²) in [6, 6.07) is 4.72. The van der Waals surface area contributed by atoms with E-state index in [1.807, 2.05) is 0 Å². The van der Waals surface area contributed by atoms with Crippen molar-refractivity contribution in [2.45, 2.75) is 11.4 Å². The molecule has 0 aliphatic carbocycles. The fourth-order valence-corrected chi connectivity index (χ4v) is 1.06. The molecule has 2 N–H and O–H groups in total. The highest BCUT2D eigenvalue weighted by molar-refractivity contribution is 7.80. The van der Waals surface area contributed by atoms with E-state index in [1.165, 1.54) is 6.07 Å². The summed E-state index contributed by atoms with van der Waals surface area (Å²) in [6.07, 6.45) is 0. The van der Waals surface area contributed by atoms with Gasteiger partial charge in [-0.15, -0.1) is 12.6 Å². The van der Waals surface area contributed by atoms with Gasteiger partial charge in [-0.1, -0.05) is 6.07 Å². The Balaban J connectivity index is 3.17. The van der Waals surface area contributed by atoms with Gasteiger partial charge in [0.1, 0.15) is 0 Å². The van der Waals surface area contributed by atoms with Crippen LogP contribution in [-0.4, -0.2) is 4.92 Å². The first-order chi connectivity index (χ1) is 5.65. The summed E-state index contributed by atoms with van der Waals surface area (Å²) >= 11 is 3.94. The predicted molar refractivity (Wildman–Crippen MR) is 48.2 cm³/mol. The van der Waals surface area contributed by atoms with Crippen LogP contribution in [0.25, 0.3) is 0 Å². The Morgan fingerprint density at radius 3 is 2.75 bits per heavy atom. The summed E-state index contributed by atoms with van der Waals surface area (Å²) < 4.78 is 0. The molecule has 5 heteroatoms. The molecule has 0 bridgehead atoms. The quantitative estimate of drug-likeness (QED) is 0.414. The van der Waals surface area contributed by atoms with Gasteiger partial charge in [-0.2, -0.15) is 0 Å². The van der Waals surface area contributed by atoms with Crippen LogP contribution < -0.4 is 5.73 Å². The molecule has 64 valence electrons. The zero-order valence-electron chi connectivity index (χ0n) is 6.23. The standard InChI is InChI=1S/C7H8N2O2S/c8-4-5-1-2-7(12)6(3-5)9(10)11/h1-3,12H,4,8H2. The maximum Gasteiger partial charge on any atom is 0.282 e. The Morgan fingerprint density at radius 2 is 2.25 bits per heavy atom. The third kappa shape index (κ3) is 1.75. The van der Waals surface area contributed by atoms with Crippen LogP contribution in [0.3, 0.4) is 0 Å². The van der Waals surface area contributed by atoms with Crippen molar-refractivity contribution in [3.05, 3.63) is 33.9 Å². The predicted octanol–water partition coefficient (Wildman–Crippen LogP) is 1.34. The minimum atomic E-state index is -0.471. The fourth-order valence-electron chi connectivity index (χ4n) is 0.842. The second-order valence-corrected chi connectivity index (χ2v) is 2.77. The van der Waals surface area contributed by atoms with Gasteiger partial charge >= 0.3 is 0 Å². The molecule has 0 radical (unpaired) electrons. The second kappa shape index (κ2) is 3.55. The first kappa shape index (κ1) is 9.02. The molecule has 0 unspecified atom stereocenters. The number of rotatable bonds is 2. The lowest BCUT2D eigenvalue weighted by Gasteiger charge is -1.98. The van der Waals surface area contributed by atoms with Crippen LogP contribution in [0.4, 0.5) is 5.69 Å². The Morgan fingerprint density at radius 1 is 1.58 bits per heavy atom. The van der Waals surface area contributed by atoms with Gasteiger partial charge < -0.3 is 5.73 Å². The zero-order chi connectivity index (χ0) is 9.14. The van der Waals surface area contributed by atoms with Crippen LogP contribution in [0, 0.1) is 10.1 Å². The van der Waals surface area contributed by atoms with Crippen LogP contribution in [-0.2, 0) is 6.54 Å². The van der Waals surface area contributed by atoms with E-state index in [0.717, 1.165) is 5.56 Å². The molecule has 0 spiro atoms. The summed E-state index contributed by atoms with van der Waals surface area (Å²) in [4.78, 5) is 10.3. The van der Waals surface area contributed by atoms with Crippen LogP contribution in [0.15, 0.2) is 23.1 Å². The molecule has 0 fully saturated rings. The van der Waals surface area contributed by atoms with Gasteiger partial charge in [0.05, 0.1) is 9.82 Å². The number of hydrogen-bond donors (Lipinski definition) is 2. The maximum absolute atomic E-state index is 10.4. The Labute approximate surface area is 74.9 Å². The molecule has 0 aliphatic rings. The molecule has 0 amide bonds. The van der Waals surface area contributed by atoms with E-state index in [2.05, 4.69) is 12.6 Å². The van der Waals surface area contributed by atoms with Crippen LogP contribution >= 0.6 is 12.6 Å². The summed E-state index contributed by atoms with van der Waals surface area (Å²) in [5.41, 5.74) is 6.06. The first-order valence-electron chi connectivity index (χ1n) is 3.31. The van der Waals surface area contributed by atoms with E-state index in [1.54, 1.807) is 12.1 Å². The van der Waals surface area contributed by atoms with Gasteiger partial charge in [-0.3, -0.25) is 10.1 Å². The summed E-state index contributed by atoms with van der Waals surface area (Å²) in [7, 11) is 0. The smallest absolute Gasteiger partial charge is 0.282 e. The van der Waals surface area contributed by atoms with Crippen molar-refractivity contribution in [1.82, 2.24) is 0 Å². The molecule has 0 saturated carbocycles. The summed E-state index contributed by atoms with van der Waals surface area (Å²) in [5, 5.41) is 10.4. The van der Waals surface area contributed by atoms with Gasteiger partial charge in [0.25, 0.3) is 5.69 Å². The van der Waals surface area contributed by atoms with Crippen molar-refractivity contribution in [3.63, 3.8) is 0 Å². The minimum Gasteiger partial charge on any atom is -0.326 e. The van der Waals surface area contributed by atoms with E-state index >= 15 is 0 Å². The molecule has 0 aromatic heterocycles. The maximum atomic E-state index is 10.4. The minimum absolute atomic E-state index is 0.00119. The van der Waals surface area contributed by atoms with Crippen molar-refractivity contribution in [2.75, 3.05) is 0 Å². The van der Waals surface area contributed by atoms with Crippen LogP contribution in [0.2, 0.25) is 0 Å². The average molecular weight is 184 g/mol. The molecular weight excluding hydrogens is 176 g/mol. The van der Waals surface area contributed by atoms with Crippen LogP contribution in [0.1, 0.15) is 5.56 Å². The van der Waals surface area contributed by atoms with Crippen molar-refractivity contribution in [2.24, 2.45) is 5.73 Å². The lowest BCUT2D eigenvalue weighted by molar-refractivity contribution is -0.387. The number of nitro benzene ring substituents is 1. The van der Waals surface area contributed by atoms with Gasteiger partial charge in [0.2, 0.25) is 0 Å². The van der Waals surface area contributed by atoms with Gasteiger partial charge in [0, 0.05) is 12.6 Å². The summed E-state index contributed by atoms with van der Waals surface area (Å²) in [6.45, 7) is 0.300. The Bertz CT molecular complexity index is 314. The van der Waals surface area contributed by atoms with Gasteiger partial charge in [-0.05, 0) is 11.6 Å². The van der Waals surface area contributed by atoms with Crippen LogP contribution in [0.5, 0.6) is 0 Å². The number of hydrogen-bond acceptors (Lipinski definition) is 4. The molecule has 0 heterocycles. The molecule has 4 nitrogen and oxygen atoms in total.